The van der Waals surface area contributed by atoms with Crippen LogP contribution in [0.1, 0.15) is 40.9 Å². The Morgan fingerprint density at radius 3 is 2.82 bits per heavy atom. The minimum atomic E-state index is -0.486. The lowest BCUT2D eigenvalue weighted by molar-refractivity contribution is -0.126. The predicted octanol–water partition coefficient (Wildman–Crippen LogP) is 2.72. The first-order valence-electron chi connectivity index (χ1n) is 9.63. The molecule has 2 amide bonds. The molecule has 0 saturated carbocycles. The number of likely N-dealkylation sites (tertiary alicyclic amines) is 1. The highest BCUT2D eigenvalue weighted by molar-refractivity contribution is 5.96. The molecule has 1 N–H and O–H groups in total. The zero-order valence-corrected chi connectivity index (χ0v) is 16.7. The topological polar surface area (TPSA) is 84.7 Å². The Morgan fingerprint density at radius 2 is 2.07 bits per heavy atom. The van der Waals surface area contributed by atoms with Crippen molar-refractivity contribution in [3.63, 3.8) is 0 Å². The number of aryl methyl sites for hydroxylation is 2. The number of nitrogens with zero attached hydrogens (tertiary/aromatic N) is 2. The van der Waals surface area contributed by atoms with E-state index >= 15 is 0 Å². The number of carbonyl (C=O) groups excluding carboxylic acids is 2. The molecule has 7 heteroatoms. The van der Waals surface area contributed by atoms with E-state index in [1.54, 1.807) is 18.1 Å². The van der Waals surface area contributed by atoms with Crippen LogP contribution in [0.5, 0.6) is 0 Å². The van der Waals surface area contributed by atoms with E-state index in [0.29, 0.717) is 31.9 Å². The van der Waals surface area contributed by atoms with Gasteiger partial charge in [-0.05, 0) is 50.3 Å². The molecule has 1 aliphatic rings. The smallest absolute Gasteiger partial charge is 0.276 e. The second kappa shape index (κ2) is 9.01. The van der Waals surface area contributed by atoms with Crippen LogP contribution in [-0.2, 0) is 9.53 Å². The fourth-order valence-electron chi connectivity index (χ4n) is 3.40. The van der Waals surface area contributed by atoms with E-state index in [1.165, 1.54) is 5.56 Å². The van der Waals surface area contributed by atoms with Crippen molar-refractivity contribution in [3.8, 4) is 11.3 Å². The third-order valence-electron chi connectivity index (χ3n) is 5.19. The van der Waals surface area contributed by atoms with Gasteiger partial charge in [0.25, 0.3) is 5.91 Å². The molecular weight excluding hydrogens is 358 g/mol. The Balaban J connectivity index is 1.75. The molecule has 1 aliphatic heterocycles. The lowest BCUT2D eigenvalue weighted by Gasteiger charge is -2.34. The van der Waals surface area contributed by atoms with Crippen molar-refractivity contribution in [2.75, 3.05) is 26.8 Å². The fourth-order valence-corrected chi connectivity index (χ4v) is 3.40. The number of benzene rings is 1. The number of ether oxygens (including phenoxy) is 1. The Kier molecular flexibility index (Phi) is 6.46. The average molecular weight is 385 g/mol. The summed E-state index contributed by atoms with van der Waals surface area (Å²) in [4.78, 5) is 27.1. The lowest BCUT2D eigenvalue weighted by atomic mass is 10.0. The standard InChI is InChI=1S/C21H27N3O4/c1-14-7-8-16(12-15(14)2)19-13-17(23-28-19)21(26)24-10-5-4-6-18(24)20(25)22-9-11-27-3/h7-8,12-13,18H,4-6,9-11H2,1-3H3,(H,22,25). The normalized spacial score (nSPS) is 16.8. The van der Waals surface area contributed by atoms with Crippen molar-refractivity contribution in [2.24, 2.45) is 0 Å². The van der Waals surface area contributed by atoms with E-state index < -0.39 is 6.04 Å². The van der Waals surface area contributed by atoms with E-state index in [1.807, 2.05) is 32.0 Å². The van der Waals surface area contributed by atoms with Crippen molar-refractivity contribution in [3.05, 3.63) is 41.1 Å². The second-order valence-corrected chi connectivity index (χ2v) is 7.17. The molecule has 1 aromatic heterocycles. The summed E-state index contributed by atoms with van der Waals surface area (Å²) < 4.78 is 10.4. The van der Waals surface area contributed by atoms with Crippen LogP contribution < -0.4 is 5.32 Å². The van der Waals surface area contributed by atoms with E-state index in [-0.39, 0.29) is 17.5 Å². The number of hydrogen-bond donors (Lipinski definition) is 1. The lowest BCUT2D eigenvalue weighted by Crippen LogP contribution is -2.52. The first-order chi connectivity index (χ1) is 13.5. The number of carbonyl (C=O) groups is 2. The molecule has 1 atom stereocenters. The van der Waals surface area contributed by atoms with Crippen molar-refractivity contribution in [2.45, 2.75) is 39.2 Å². The van der Waals surface area contributed by atoms with Crippen LogP contribution in [0.15, 0.2) is 28.8 Å². The Hall–Kier alpha value is -2.67. The summed E-state index contributed by atoms with van der Waals surface area (Å²) in [6, 6.07) is 7.14. The third kappa shape index (κ3) is 4.42. The van der Waals surface area contributed by atoms with Gasteiger partial charge in [0, 0.05) is 31.8 Å². The number of nitrogens with one attached hydrogen (secondary N) is 1. The highest BCUT2D eigenvalue weighted by Gasteiger charge is 2.33. The molecular formula is C21H27N3O4. The predicted molar refractivity (Wildman–Crippen MR) is 105 cm³/mol. The van der Waals surface area contributed by atoms with Crippen molar-refractivity contribution < 1.29 is 18.8 Å². The van der Waals surface area contributed by atoms with Gasteiger partial charge in [-0.1, -0.05) is 17.3 Å². The van der Waals surface area contributed by atoms with Gasteiger partial charge in [0.05, 0.1) is 6.61 Å². The maximum atomic E-state index is 13.0. The number of hydrogen-bond acceptors (Lipinski definition) is 5. The van der Waals surface area contributed by atoms with Gasteiger partial charge in [0.2, 0.25) is 5.91 Å². The van der Waals surface area contributed by atoms with Crippen LogP contribution in [0.2, 0.25) is 0 Å². The SMILES string of the molecule is COCCNC(=O)C1CCCCN1C(=O)c1cc(-c2ccc(C)c(C)c2)on1. The third-order valence-corrected chi connectivity index (χ3v) is 5.19. The molecule has 1 unspecified atom stereocenters. The van der Waals surface area contributed by atoms with Crippen LogP contribution >= 0.6 is 0 Å². The molecule has 7 nitrogen and oxygen atoms in total. The first kappa shape index (κ1) is 20.1. The van der Waals surface area contributed by atoms with Gasteiger partial charge in [0.15, 0.2) is 11.5 Å². The quantitative estimate of drug-likeness (QED) is 0.773. The van der Waals surface area contributed by atoms with Gasteiger partial charge in [-0.15, -0.1) is 0 Å². The van der Waals surface area contributed by atoms with E-state index in [4.69, 9.17) is 9.26 Å². The monoisotopic (exact) mass is 385 g/mol. The van der Waals surface area contributed by atoms with Crippen LogP contribution in [0.4, 0.5) is 0 Å². The van der Waals surface area contributed by atoms with Gasteiger partial charge >= 0.3 is 0 Å². The number of amides is 2. The van der Waals surface area contributed by atoms with Crippen LogP contribution in [0.3, 0.4) is 0 Å². The van der Waals surface area contributed by atoms with E-state index in [0.717, 1.165) is 24.0 Å². The van der Waals surface area contributed by atoms with E-state index in [9.17, 15) is 9.59 Å². The first-order valence-corrected chi connectivity index (χ1v) is 9.63. The summed E-state index contributed by atoms with van der Waals surface area (Å²) in [6.07, 6.45) is 2.43. The largest absolute Gasteiger partial charge is 0.383 e. The van der Waals surface area contributed by atoms with Crippen molar-refractivity contribution in [1.82, 2.24) is 15.4 Å². The molecule has 0 bridgehead atoms. The second-order valence-electron chi connectivity index (χ2n) is 7.17. The van der Waals surface area contributed by atoms with Gasteiger partial charge in [-0.3, -0.25) is 9.59 Å². The highest BCUT2D eigenvalue weighted by Crippen LogP contribution is 2.25. The Labute approximate surface area is 165 Å². The number of piperidine rings is 1. The van der Waals surface area contributed by atoms with Crippen molar-refractivity contribution in [1.29, 1.82) is 0 Å². The van der Waals surface area contributed by atoms with Crippen LogP contribution in [0, 0.1) is 13.8 Å². The molecule has 2 heterocycles. The molecule has 1 aromatic carbocycles. The maximum absolute atomic E-state index is 13.0. The molecule has 0 spiro atoms. The molecule has 0 aliphatic carbocycles. The van der Waals surface area contributed by atoms with Crippen LogP contribution in [-0.4, -0.2) is 54.7 Å². The molecule has 0 radical (unpaired) electrons. The molecule has 150 valence electrons. The summed E-state index contributed by atoms with van der Waals surface area (Å²) in [6.45, 7) is 5.47. The summed E-state index contributed by atoms with van der Waals surface area (Å²) in [5.74, 6) is 0.123. The number of aromatic nitrogens is 1. The zero-order chi connectivity index (χ0) is 20.1. The fraction of sp³-hybridized carbons (Fsp3) is 0.476. The number of methoxy groups -OCH3 is 1. The average Bonchev–Trinajstić information content (AvgIpc) is 3.20. The van der Waals surface area contributed by atoms with Gasteiger partial charge in [-0.25, -0.2) is 0 Å². The van der Waals surface area contributed by atoms with Gasteiger partial charge in [-0.2, -0.15) is 0 Å². The summed E-state index contributed by atoms with van der Waals surface area (Å²) in [7, 11) is 1.58. The maximum Gasteiger partial charge on any atom is 0.276 e. The molecule has 3 rings (SSSR count). The number of rotatable bonds is 6. The van der Waals surface area contributed by atoms with E-state index in [2.05, 4.69) is 10.5 Å². The van der Waals surface area contributed by atoms with Crippen LogP contribution in [0.25, 0.3) is 11.3 Å². The molecule has 28 heavy (non-hydrogen) atoms. The Bertz CT molecular complexity index is 846. The van der Waals surface area contributed by atoms with Gasteiger partial charge in [0.1, 0.15) is 6.04 Å². The summed E-state index contributed by atoms with van der Waals surface area (Å²) in [5.41, 5.74) is 3.44. The summed E-state index contributed by atoms with van der Waals surface area (Å²) >= 11 is 0. The summed E-state index contributed by atoms with van der Waals surface area (Å²) in [5, 5.41) is 6.80. The highest BCUT2D eigenvalue weighted by atomic mass is 16.5. The minimum absolute atomic E-state index is 0.150. The molecule has 1 saturated heterocycles. The molecule has 2 aromatic rings. The Morgan fingerprint density at radius 1 is 1.25 bits per heavy atom. The minimum Gasteiger partial charge on any atom is -0.383 e. The van der Waals surface area contributed by atoms with Gasteiger partial charge < -0.3 is 19.5 Å². The van der Waals surface area contributed by atoms with Crippen molar-refractivity contribution >= 4 is 11.8 Å². The zero-order valence-electron chi connectivity index (χ0n) is 16.7. The molecule has 1 fully saturated rings.